The molecule has 0 saturated carbocycles. The molecule has 0 fully saturated rings. The number of rotatable bonds is 3. The summed E-state index contributed by atoms with van der Waals surface area (Å²) < 4.78 is 4.89. The summed E-state index contributed by atoms with van der Waals surface area (Å²) in [6.45, 7) is 0. The van der Waals surface area contributed by atoms with E-state index in [0.29, 0.717) is 0 Å². The first-order valence-electron chi connectivity index (χ1n) is 16.8. The van der Waals surface area contributed by atoms with Gasteiger partial charge in [0.2, 0.25) is 0 Å². The van der Waals surface area contributed by atoms with Crippen molar-refractivity contribution in [1.82, 2.24) is 13.8 Å². The molecule has 12 aromatic rings. The Bertz CT molecular complexity index is 3220. The molecule has 0 aliphatic rings. The van der Waals surface area contributed by atoms with Gasteiger partial charge in [-0.3, -0.25) is 4.40 Å². The van der Waals surface area contributed by atoms with Crippen LogP contribution < -0.4 is 4.90 Å². The summed E-state index contributed by atoms with van der Waals surface area (Å²) in [5.74, 6) is 0. The average Bonchev–Trinajstić information content (AvgIpc) is 3.88. The fraction of sp³-hybridized carbons (Fsp3) is 0. The number of hydrogen-bond acceptors (Lipinski definition) is 2. The Hall–Kier alpha value is -6.65. The highest BCUT2D eigenvalue weighted by molar-refractivity contribution is 6.35. The summed E-state index contributed by atoms with van der Waals surface area (Å²) in [5.41, 5.74) is 10.4. The minimum absolute atomic E-state index is 0.992. The lowest BCUT2D eigenvalue weighted by molar-refractivity contribution is 1.24. The third kappa shape index (κ3) is 3.12. The summed E-state index contributed by atoms with van der Waals surface area (Å²) >= 11 is 0. The maximum atomic E-state index is 5.38. The van der Waals surface area contributed by atoms with Gasteiger partial charge in [-0.2, -0.15) is 0 Å². The van der Waals surface area contributed by atoms with Gasteiger partial charge in [-0.25, -0.2) is 4.98 Å². The summed E-state index contributed by atoms with van der Waals surface area (Å²) in [5, 5.41) is 12.6. The Morgan fingerprint density at radius 1 is 0.408 bits per heavy atom. The van der Waals surface area contributed by atoms with E-state index in [9.17, 15) is 0 Å². The summed E-state index contributed by atoms with van der Waals surface area (Å²) in [4.78, 5) is 7.76. The molecular weight excluding hydrogens is 597 g/mol. The van der Waals surface area contributed by atoms with E-state index in [2.05, 4.69) is 172 Å². The second-order valence-corrected chi connectivity index (χ2v) is 13.2. The van der Waals surface area contributed by atoms with Crippen molar-refractivity contribution in [2.24, 2.45) is 0 Å². The van der Waals surface area contributed by atoms with E-state index >= 15 is 0 Å². The van der Waals surface area contributed by atoms with E-state index in [1.165, 1.54) is 70.4 Å². The molecule has 0 unspecified atom stereocenters. The highest BCUT2D eigenvalue weighted by atomic mass is 15.2. The molecule has 0 atom stereocenters. The van der Waals surface area contributed by atoms with E-state index in [1.54, 1.807) is 0 Å². The van der Waals surface area contributed by atoms with Crippen molar-refractivity contribution >= 4 is 104 Å². The van der Waals surface area contributed by atoms with Crippen molar-refractivity contribution in [3.05, 3.63) is 158 Å². The van der Waals surface area contributed by atoms with E-state index in [-0.39, 0.29) is 0 Å². The van der Waals surface area contributed by atoms with Crippen LogP contribution in [0, 0.1) is 0 Å². The van der Waals surface area contributed by atoms with Crippen LogP contribution in [-0.2, 0) is 0 Å². The maximum Gasteiger partial charge on any atom is 0.146 e. The number of para-hydroxylation sites is 5. The van der Waals surface area contributed by atoms with Gasteiger partial charge < -0.3 is 9.30 Å². The fourth-order valence-electron chi connectivity index (χ4n) is 8.83. The molecule has 12 rings (SSSR count). The predicted octanol–water partition coefficient (Wildman–Crippen LogP) is 12.0. The minimum Gasteiger partial charge on any atom is -0.308 e. The molecule has 5 aromatic heterocycles. The van der Waals surface area contributed by atoms with Gasteiger partial charge in [0.15, 0.2) is 0 Å². The third-order valence-corrected chi connectivity index (χ3v) is 10.7. The molecular formula is C45H26N4. The van der Waals surface area contributed by atoms with E-state index < -0.39 is 0 Å². The summed E-state index contributed by atoms with van der Waals surface area (Å²) in [6.07, 6.45) is 2.11. The van der Waals surface area contributed by atoms with Gasteiger partial charge in [0.05, 0.1) is 39.5 Å². The van der Waals surface area contributed by atoms with Crippen molar-refractivity contribution < 1.29 is 0 Å². The zero-order valence-corrected chi connectivity index (χ0v) is 26.3. The molecule has 4 heteroatoms. The minimum atomic E-state index is 0.992. The fourth-order valence-corrected chi connectivity index (χ4v) is 8.83. The molecule has 0 bridgehead atoms. The number of aromatic nitrogens is 3. The Balaban J connectivity index is 1.27. The lowest BCUT2D eigenvalue weighted by atomic mass is 10.0. The normalized spacial score (nSPS) is 12.5. The van der Waals surface area contributed by atoms with Crippen LogP contribution >= 0.6 is 0 Å². The van der Waals surface area contributed by atoms with Crippen LogP contribution in [0.5, 0.6) is 0 Å². The first-order chi connectivity index (χ1) is 24.3. The molecule has 0 radical (unpaired) electrons. The standard InChI is InChI=1S/C45H26N4/c1-3-14-29(15-4-1)47(30-16-5-2-6-17-30)37-23-11-20-32-31-18-9-22-35-41-40-34-21-10-19-33-36-24-27-12-7-8-13-28(27)25-38(36)48(42(33)34)39(40)26-46-45(41)49(43(31)35)44(32)37/h1-26H. The molecule has 0 amide bonds. The van der Waals surface area contributed by atoms with Gasteiger partial charge in [0.1, 0.15) is 5.65 Å². The Labute approximate surface area is 279 Å². The predicted molar refractivity (Wildman–Crippen MR) is 206 cm³/mol. The SMILES string of the molecule is c1ccc(N(c2ccccc2)c2cccc3c4cccc5c6c7c8cccc9c%10cc%11ccccc%11cc%10n(c7cnc6n(c23)c45)c98)cc1. The van der Waals surface area contributed by atoms with E-state index in [1.807, 2.05) is 0 Å². The van der Waals surface area contributed by atoms with Crippen LogP contribution in [0.1, 0.15) is 0 Å². The molecule has 7 aromatic carbocycles. The number of fused-ring (bicyclic) bond motifs is 14. The highest BCUT2D eigenvalue weighted by Crippen LogP contribution is 2.48. The van der Waals surface area contributed by atoms with E-state index in [4.69, 9.17) is 4.98 Å². The van der Waals surface area contributed by atoms with Crippen molar-refractivity contribution in [1.29, 1.82) is 0 Å². The number of nitrogens with zero attached hydrogens (tertiary/aromatic N) is 4. The number of anilines is 3. The molecule has 49 heavy (non-hydrogen) atoms. The molecule has 4 nitrogen and oxygen atoms in total. The zero-order chi connectivity index (χ0) is 31.8. The van der Waals surface area contributed by atoms with Crippen LogP contribution in [0.3, 0.4) is 0 Å². The molecule has 0 aliphatic carbocycles. The molecule has 0 spiro atoms. The number of hydrogen-bond donors (Lipinski definition) is 0. The molecule has 0 aliphatic heterocycles. The zero-order valence-electron chi connectivity index (χ0n) is 26.3. The number of benzene rings is 7. The molecule has 5 heterocycles. The van der Waals surface area contributed by atoms with Gasteiger partial charge in [-0.15, -0.1) is 0 Å². The van der Waals surface area contributed by atoms with Crippen LogP contribution in [0.2, 0.25) is 0 Å². The highest BCUT2D eigenvalue weighted by Gasteiger charge is 2.27. The summed E-state index contributed by atoms with van der Waals surface area (Å²) in [6, 6.07) is 55.0. The molecule has 0 saturated heterocycles. The van der Waals surface area contributed by atoms with E-state index in [0.717, 1.165) is 33.7 Å². The van der Waals surface area contributed by atoms with Gasteiger partial charge in [0, 0.05) is 54.5 Å². The van der Waals surface area contributed by atoms with Crippen LogP contribution in [-0.4, -0.2) is 13.8 Å². The Morgan fingerprint density at radius 3 is 1.67 bits per heavy atom. The second kappa shape index (κ2) is 9.03. The van der Waals surface area contributed by atoms with Crippen LogP contribution in [0.25, 0.3) is 87.1 Å². The van der Waals surface area contributed by atoms with Crippen molar-refractivity contribution in [3.8, 4) is 0 Å². The Morgan fingerprint density at radius 2 is 0.959 bits per heavy atom. The van der Waals surface area contributed by atoms with Gasteiger partial charge in [0.25, 0.3) is 0 Å². The van der Waals surface area contributed by atoms with Crippen molar-refractivity contribution in [3.63, 3.8) is 0 Å². The third-order valence-electron chi connectivity index (χ3n) is 10.7. The quantitative estimate of drug-likeness (QED) is 0.196. The second-order valence-electron chi connectivity index (χ2n) is 13.2. The lowest BCUT2D eigenvalue weighted by Crippen LogP contribution is -2.10. The molecule has 226 valence electrons. The monoisotopic (exact) mass is 622 g/mol. The first-order valence-corrected chi connectivity index (χ1v) is 16.8. The summed E-state index contributed by atoms with van der Waals surface area (Å²) in [7, 11) is 0. The van der Waals surface area contributed by atoms with Gasteiger partial charge in [-0.05, 0) is 53.2 Å². The maximum absolute atomic E-state index is 5.38. The number of pyridine rings is 1. The largest absolute Gasteiger partial charge is 0.308 e. The Kier molecular flexibility index (Phi) is 4.69. The smallest absolute Gasteiger partial charge is 0.146 e. The topological polar surface area (TPSA) is 24.9 Å². The van der Waals surface area contributed by atoms with Crippen LogP contribution in [0.4, 0.5) is 17.1 Å². The lowest BCUT2D eigenvalue weighted by Gasteiger charge is -2.26. The van der Waals surface area contributed by atoms with Crippen LogP contribution in [0.15, 0.2) is 158 Å². The van der Waals surface area contributed by atoms with Gasteiger partial charge >= 0.3 is 0 Å². The first kappa shape index (κ1) is 25.4. The van der Waals surface area contributed by atoms with Crippen molar-refractivity contribution in [2.45, 2.75) is 0 Å². The van der Waals surface area contributed by atoms with Gasteiger partial charge in [-0.1, -0.05) is 109 Å². The molecule has 0 N–H and O–H groups in total. The average molecular weight is 623 g/mol. The van der Waals surface area contributed by atoms with Crippen molar-refractivity contribution in [2.75, 3.05) is 4.90 Å².